The van der Waals surface area contributed by atoms with Gasteiger partial charge in [0.05, 0.1) is 0 Å². The van der Waals surface area contributed by atoms with Crippen LogP contribution < -0.4 is 10.4 Å². The summed E-state index contributed by atoms with van der Waals surface area (Å²) in [5.41, 5.74) is -0.518. The zero-order chi connectivity index (χ0) is 20.6. The van der Waals surface area contributed by atoms with Crippen LogP contribution in [-0.4, -0.2) is 23.6 Å². The summed E-state index contributed by atoms with van der Waals surface area (Å²) < 4.78 is 22.4. The minimum Gasteiger partial charge on any atom is -0.481 e. The molecule has 7 heteroatoms. The fourth-order valence-corrected chi connectivity index (χ4v) is 3.38. The molecule has 2 heterocycles. The molecule has 0 N–H and O–H groups in total. The topological polar surface area (TPSA) is 92.0 Å². The monoisotopic (exact) mass is 388 g/mol. The minimum absolute atomic E-state index is 0.139. The first-order valence-corrected chi connectivity index (χ1v) is 9.20. The van der Waals surface area contributed by atoms with Crippen molar-refractivity contribution in [1.29, 1.82) is 0 Å². The third-order valence-corrected chi connectivity index (χ3v) is 4.51. The van der Waals surface area contributed by atoms with Crippen LogP contribution in [0.2, 0.25) is 0 Å². The van der Waals surface area contributed by atoms with Crippen LogP contribution in [0.25, 0.3) is 11.0 Å². The van der Waals surface area contributed by atoms with Gasteiger partial charge in [0.1, 0.15) is 16.9 Å². The maximum atomic E-state index is 12.4. The summed E-state index contributed by atoms with van der Waals surface area (Å²) in [6.07, 6.45) is -1.24. The second-order valence-corrected chi connectivity index (χ2v) is 7.93. The van der Waals surface area contributed by atoms with Crippen molar-refractivity contribution in [2.24, 2.45) is 5.92 Å². The molecular weight excluding hydrogens is 364 g/mol. The van der Waals surface area contributed by atoms with E-state index in [2.05, 4.69) is 0 Å². The Hall–Kier alpha value is -2.83. The standard InChI is InChI=1S/C21H24O7/c1-11(2)8-18(24)27-19-14-9-13-6-7-17(23)25-15(13)10-16(14)26-20(19)21(4,5)28-12(3)22/h6-7,9-11,19-20H,8H2,1-5H3/t19-,20-/m0/s1. The lowest BCUT2D eigenvalue weighted by molar-refractivity contribution is -0.176. The maximum Gasteiger partial charge on any atom is 0.336 e. The summed E-state index contributed by atoms with van der Waals surface area (Å²) in [4.78, 5) is 35.4. The quantitative estimate of drug-likeness (QED) is 0.571. The predicted molar refractivity (Wildman–Crippen MR) is 101 cm³/mol. The molecule has 0 radical (unpaired) electrons. The number of ether oxygens (including phenoxy) is 3. The Bertz CT molecular complexity index is 970. The minimum atomic E-state index is -1.05. The van der Waals surface area contributed by atoms with E-state index in [9.17, 15) is 14.4 Å². The van der Waals surface area contributed by atoms with Gasteiger partial charge >= 0.3 is 17.6 Å². The van der Waals surface area contributed by atoms with Crippen molar-refractivity contribution in [2.75, 3.05) is 0 Å². The van der Waals surface area contributed by atoms with Crippen molar-refractivity contribution in [3.05, 3.63) is 40.2 Å². The highest BCUT2D eigenvalue weighted by atomic mass is 16.6. The number of rotatable bonds is 5. The molecule has 150 valence electrons. The van der Waals surface area contributed by atoms with Gasteiger partial charge in [0.2, 0.25) is 0 Å². The van der Waals surface area contributed by atoms with E-state index in [1.54, 1.807) is 32.0 Å². The molecule has 0 spiro atoms. The molecule has 0 aliphatic carbocycles. The molecule has 2 atom stereocenters. The fourth-order valence-electron chi connectivity index (χ4n) is 3.38. The molecule has 0 amide bonds. The van der Waals surface area contributed by atoms with Crippen molar-refractivity contribution in [3.8, 4) is 5.75 Å². The van der Waals surface area contributed by atoms with Crippen LogP contribution >= 0.6 is 0 Å². The summed E-state index contributed by atoms with van der Waals surface area (Å²) in [6, 6.07) is 6.33. The molecule has 2 aromatic rings. The molecule has 0 fully saturated rings. The highest BCUT2D eigenvalue weighted by Crippen LogP contribution is 2.45. The lowest BCUT2D eigenvalue weighted by Crippen LogP contribution is -2.46. The number of carbonyl (C=O) groups is 2. The summed E-state index contributed by atoms with van der Waals surface area (Å²) in [5, 5.41) is 0.679. The Morgan fingerprint density at radius 3 is 2.57 bits per heavy atom. The van der Waals surface area contributed by atoms with Crippen LogP contribution in [0, 0.1) is 5.92 Å². The molecule has 7 nitrogen and oxygen atoms in total. The summed E-state index contributed by atoms with van der Waals surface area (Å²) in [7, 11) is 0. The van der Waals surface area contributed by atoms with Crippen LogP contribution in [0.15, 0.2) is 33.5 Å². The van der Waals surface area contributed by atoms with E-state index in [0.717, 1.165) is 0 Å². The van der Waals surface area contributed by atoms with Gasteiger partial charge in [-0.2, -0.15) is 0 Å². The number of hydrogen-bond donors (Lipinski definition) is 0. The van der Waals surface area contributed by atoms with Gasteiger partial charge in [0.25, 0.3) is 0 Å². The first-order chi connectivity index (χ1) is 13.1. The van der Waals surface area contributed by atoms with Gasteiger partial charge < -0.3 is 18.6 Å². The second kappa shape index (κ2) is 7.30. The van der Waals surface area contributed by atoms with Gasteiger partial charge in [0, 0.05) is 36.4 Å². The van der Waals surface area contributed by atoms with Gasteiger partial charge in [-0.15, -0.1) is 0 Å². The normalized spacial score (nSPS) is 18.6. The van der Waals surface area contributed by atoms with Crippen molar-refractivity contribution in [2.45, 2.75) is 58.8 Å². The van der Waals surface area contributed by atoms with E-state index in [4.69, 9.17) is 18.6 Å². The van der Waals surface area contributed by atoms with Crippen LogP contribution in [0.4, 0.5) is 0 Å². The van der Waals surface area contributed by atoms with Crippen LogP contribution in [0.5, 0.6) is 5.75 Å². The van der Waals surface area contributed by atoms with E-state index >= 15 is 0 Å². The molecule has 0 bridgehead atoms. The van der Waals surface area contributed by atoms with E-state index in [1.807, 2.05) is 13.8 Å². The number of hydrogen-bond acceptors (Lipinski definition) is 7. The van der Waals surface area contributed by atoms with Crippen molar-refractivity contribution in [3.63, 3.8) is 0 Å². The lowest BCUT2D eigenvalue weighted by Gasteiger charge is -2.33. The average molecular weight is 388 g/mol. The summed E-state index contributed by atoms with van der Waals surface area (Å²) in [5.74, 6) is -0.262. The number of esters is 2. The summed E-state index contributed by atoms with van der Waals surface area (Å²) >= 11 is 0. The first-order valence-electron chi connectivity index (χ1n) is 9.20. The Balaban J connectivity index is 2.04. The molecule has 0 saturated carbocycles. The molecule has 1 aliphatic rings. The average Bonchev–Trinajstić information content (AvgIpc) is 2.89. The largest absolute Gasteiger partial charge is 0.481 e. The first kappa shape index (κ1) is 19.9. The molecule has 1 aliphatic heterocycles. The van der Waals surface area contributed by atoms with E-state index in [-0.39, 0.29) is 18.3 Å². The van der Waals surface area contributed by atoms with Gasteiger partial charge in [-0.1, -0.05) is 13.8 Å². The van der Waals surface area contributed by atoms with Gasteiger partial charge in [-0.05, 0) is 31.9 Å². The Labute approximate surface area is 162 Å². The Morgan fingerprint density at radius 2 is 1.93 bits per heavy atom. The SMILES string of the molecule is CC(=O)OC(C)(C)[C@H]1Oc2cc3oc(=O)ccc3cc2[C@@H]1OC(=O)CC(C)C. The molecule has 0 saturated heterocycles. The van der Waals surface area contributed by atoms with E-state index in [0.29, 0.717) is 22.3 Å². The third-order valence-electron chi connectivity index (χ3n) is 4.51. The van der Waals surface area contributed by atoms with Crippen molar-refractivity contribution >= 4 is 22.9 Å². The fraction of sp³-hybridized carbons (Fsp3) is 0.476. The third kappa shape index (κ3) is 4.03. The van der Waals surface area contributed by atoms with Crippen molar-refractivity contribution in [1.82, 2.24) is 0 Å². The predicted octanol–water partition coefficient (Wildman–Crippen LogP) is 3.53. The Morgan fingerprint density at radius 1 is 1.21 bits per heavy atom. The van der Waals surface area contributed by atoms with Crippen LogP contribution in [-0.2, 0) is 19.1 Å². The van der Waals surface area contributed by atoms with Gasteiger partial charge in [-0.3, -0.25) is 9.59 Å². The van der Waals surface area contributed by atoms with Gasteiger partial charge in [-0.25, -0.2) is 4.79 Å². The number of fused-ring (bicyclic) bond motifs is 2. The maximum absolute atomic E-state index is 12.4. The highest BCUT2D eigenvalue weighted by Gasteiger charge is 2.48. The Kier molecular flexibility index (Phi) is 5.19. The zero-order valence-corrected chi connectivity index (χ0v) is 16.6. The molecular formula is C21H24O7. The van der Waals surface area contributed by atoms with Crippen LogP contribution in [0.1, 0.15) is 52.7 Å². The lowest BCUT2D eigenvalue weighted by atomic mass is 9.93. The van der Waals surface area contributed by atoms with Crippen LogP contribution in [0.3, 0.4) is 0 Å². The van der Waals surface area contributed by atoms with E-state index < -0.39 is 29.4 Å². The summed E-state index contributed by atoms with van der Waals surface area (Å²) in [6.45, 7) is 8.57. The molecule has 1 aromatic carbocycles. The zero-order valence-electron chi connectivity index (χ0n) is 16.6. The molecule has 1 aromatic heterocycles. The van der Waals surface area contributed by atoms with Gasteiger partial charge in [0.15, 0.2) is 12.2 Å². The number of benzene rings is 1. The second-order valence-electron chi connectivity index (χ2n) is 7.93. The molecule has 3 rings (SSSR count). The highest BCUT2D eigenvalue weighted by molar-refractivity contribution is 5.80. The molecule has 0 unspecified atom stereocenters. The number of carbonyl (C=O) groups excluding carboxylic acids is 2. The smallest absolute Gasteiger partial charge is 0.336 e. The molecule has 28 heavy (non-hydrogen) atoms. The van der Waals surface area contributed by atoms with Crippen molar-refractivity contribution < 1.29 is 28.2 Å². The van der Waals surface area contributed by atoms with E-state index in [1.165, 1.54) is 13.0 Å².